The highest BCUT2D eigenvalue weighted by atomic mass is 35.5. The predicted molar refractivity (Wildman–Crippen MR) is 146 cm³/mol. The second kappa shape index (κ2) is 11.2. The molecule has 1 amide bonds. The van der Waals surface area contributed by atoms with Crippen molar-refractivity contribution in [1.29, 1.82) is 0 Å². The first-order valence-electron chi connectivity index (χ1n) is 13.0. The quantitative estimate of drug-likeness (QED) is 0.354. The predicted octanol–water partition coefficient (Wildman–Crippen LogP) is 6.51. The summed E-state index contributed by atoms with van der Waals surface area (Å²) in [6.45, 7) is 5.02. The molecule has 38 heavy (non-hydrogen) atoms. The lowest BCUT2D eigenvalue weighted by Gasteiger charge is -2.25. The van der Waals surface area contributed by atoms with Gasteiger partial charge in [-0.15, -0.1) is 0 Å². The van der Waals surface area contributed by atoms with Crippen LogP contribution in [-0.4, -0.2) is 37.8 Å². The molecule has 2 aliphatic rings. The zero-order chi connectivity index (χ0) is 26.8. The van der Waals surface area contributed by atoms with Crippen LogP contribution >= 0.6 is 11.6 Å². The number of ether oxygens (including phenoxy) is 3. The Morgan fingerprint density at radius 1 is 1.08 bits per heavy atom. The number of rotatable bonds is 8. The van der Waals surface area contributed by atoms with Crippen LogP contribution in [0, 0.1) is 5.82 Å². The van der Waals surface area contributed by atoms with Crippen molar-refractivity contribution in [3.8, 4) is 17.2 Å². The van der Waals surface area contributed by atoms with E-state index in [0.29, 0.717) is 35.1 Å². The molecule has 1 fully saturated rings. The summed E-state index contributed by atoms with van der Waals surface area (Å²) in [5.41, 5.74) is 4.45. The monoisotopic (exact) mass is 538 g/mol. The lowest BCUT2D eigenvalue weighted by atomic mass is 9.93. The summed E-state index contributed by atoms with van der Waals surface area (Å²) in [5, 5.41) is 3.80. The van der Waals surface area contributed by atoms with Gasteiger partial charge in [-0.25, -0.2) is 4.39 Å². The van der Waals surface area contributed by atoms with E-state index in [9.17, 15) is 4.79 Å². The van der Waals surface area contributed by atoms with Gasteiger partial charge in [0.2, 0.25) is 12.7 Å². The molecule has 0 spiro atoms. The third-order valence-corrected chi connectivity index (χ3v) is 7.70. The molecule has 0 radical (unpaired) electrons. The topological polar surface area (TPSA) is 60.0 Å². The number of carbonyl (C=O) groups is 1. The van der Waals surface area contributed by atoms with Crippen LogP contribution in [0.2, 0.25) is 5.02 Å². The minimum absolute atomic E-state index is 0.0942. The molecular weight excluding hydrogens is 507 g/mol. The smallest absolute Gasteiger partial charge is 0.238 e. The van der Waals surface area contributed by atoms with Crippen LogP contribution in [-0.2, 0) is 17.6 Å². The number of fused-ring (bicyclic) bond motifs is 1. The maximum atomic E-state index is 15.2. The van der Waals surface area contributed by atoms with Crippen molar-refractivity contribution < 1.29 is 23.4 Å². The fourth-order valence-electron chi connectivity index (χ4n) is 5.52. The second-order valence-corrected chi connectivity index (χ2v) is 10.2. The lowest BCUT2D eigenvalue weighted by molar-refractivity contribution is -0.117. The van der Waals surface area contributed by atoms with Crippen LogP contribution in [0.1, 0.15) is 54.5 Å². The standard InChI is InChI=1S/C30H32ClFN2O4/c1-4-18-10-22(31)11-19(5-2)30(18)33-29(35)16-34-15-21(20-6-9-27-28(13-20)38-17-37-27)12-26(34)24-8-7-23(36-3)14-25(24)32/h6-11,13-14,21,26H,4-5,12,15-17H2,1-3H3,(H,33,35)/t21-,26-/m1/s1. The molecule has 200 valence electrons. The Labute approximate surface area is 227 Å². The van der Waals surface area contributed by atoms with Crippen LogP contribution in [0.3, 0.4) is 0 Å². The zero-order valence-corrected chi connectivity index (χ0v) is 22.6. The van der Waals surface area contributed by atoms with E-state index in [0.717, 1.165) is 41.0 Å². The summed E-state index contributed by atoms with van der Waals surface area (Å²) in [6, 6.07) is 14.4. The number of carbonyl (C=O) groups excluding carboxylic acids is 1. The van der Waals surface area contributed by atoms with Gasteiger partial charge in [0.05, 0.1) is 13.7 Å². The van der Waals surface area contributed by atoms with Gasteiger partial charge >= 0.3 is 0 Å². The average molecular weight is 539 g/mol. The molecular formula is C30H32ClFN2O4. The van der Waals surface area contributed by atoms with Gasteiger partial charge < -0.3 is 19.5 Å². The van der Waals surface area contributed by atoms with Gasteiger partial charge in [-0.2, -0.15) is 0 Å². The SMILES string of the molecule is CCc1cc(Cl)cc(CC)c1NC(=O)CN1C[C@H](c2ccc3c(c2)OCO3)C[C@@H]1c1ccc(OC)cc1F. The number of anilines is 1. The Balaban J connectivity index is 1.42. The van der Waals surface area contributed by atoms with Crippen molar-refractivity contribution in [1.82, 2.24) is 4.90 Å². The van der Waals surface area contributed by atoms with Gasteiger partial charge in [0.15, 0.2) is 11.5 Å². The Kier molecular flexibility index (Phi) is 7.77. The Bertz CT molecular complexity index is 1320. The van der Waals surface area contributed by atoms with Crippen molar-refractivity contribution in [2.75, 3.05) is 32.3 Å². The molecule has 2 aliphatic heterocycles. The highest BCUT2D eigenvalue weighted by Crippen LogP contribution is 2.44. The summed E-state index contributed by atoms with van der Waals surface area (Å²) < 4.78 is 31.5. The number of hydrogen-bond acceptors (Lipinski definition) is 5. The average Bonchev–Trinajstić information content (AvgIpc) is 3.55. The first-order chi connectivity index (χ1) is 18.4. The van der Waals surface area contributed by atoms with E-state index in [1.165, 1.54) is 13.2 Å². The van der Waals surface area contributed by atoms with Gasteiger partial charge in [0, 0.05) is 34.9 Å². The molecule has 0 unspecified atom stereocenters. The maximum Gasteiger partial charge on any atom is 0.238 e. The summed E-state index contributed by atoms with van der Waals surface area (Å²) in [5.74, 6) is 1.52. The van der Waals surface area contributed by atoms with Crippen molar-refractivity contribution in [2.24, 2.45) is 0 Å². The molecule has 3 aromatic rings. The molecule has 1 N–H and O–H groups in total. The maximum absolute atomic E-state index is 15.2. The van der Waals surface area contributed by atoms with Crippen molar-refractivity contribution in [3.05, 3.63) is 81.6 Å². The van der Waals surface area contributed by atoms with Crippen LogP contribution in [0.15, 0.2) is 48.5 Å². The molecule has 6 nitrogen and oxygen atoms in total. The van der Waals surface area contributed by atoms with E-state index in [1.54, 1.807) is 12.1 Å². The largest absolute Gasteiger partial charge is 0.497 e. The molecule has 8 heteroatoms. The van der Waals surface area contributed by atoms with Gasteiger partial charge in [-0.05, 0) is 72.2 Å². The number of nitrogens with one attached hydrogen (secondary N) is 1. The highest BCUT2D eigenvalue weighted by Gasteiger charge is 2.37. The first kappa shape index (κ1) is 26.3. The fourth-order valence-corrected chi connectivity index (χ4v) is 5.79. The number of aryl methyl sites for hydroxylation is 2. The minimum atomic E-state index is -0.342. The van der Waals surface area contributed by atoms with Crippen molar-refractivity contribution >= 4 is 23.2 Å². The third kappa shape index (κ3) is 5.31. The van der Waals surface area contributed by atoms with E-state index >= 15 is 4.39 Å². The van der Waals surface area contributed by atoms with Crippen LogP contribution in [0.4, 0.5) is 10.1 Å². The van der Waals surface area contributed by atoms with Crippen LogP contribution in [0.25, 0.3) is 0 Å². The molecule has 0 aromatic heterocycles. The molecule has 0 bridgehead atoms. The summed E-state index contributed by atoms with van der Waals surface area (Å²) >= 11 is 6.30. The van der Waals surface area contributed by atoms with Gasteiger partial charge in [-0.1, -0.05) is 37.6 Å². The number of methoxy groups -OCH3 is 1. The van der Waals surface area contributed by atoms with Gasteiger partial charge in [0.25, 0.3) is 0 Å². The lowest BCUT2D eigenvalue weighted by Crippen LogP contribution is -2.34. The zero-order valence-electron chi connectivity index (χ0n) is 21.9. The normalized spacial score (nSPS) is 18.6. The number of halogens is 2. The van der Waals surface area contributed by atoms with Crippen molar-refractivity contribution in [3.63, 3.8) is 0 Å². The van der Waals surface area contributed by atoms with E-state index in [2.05, 4.69) is 10.2 Å². The van der Waals surface area contributed by atoms with Crippen molar-refractivity contribution in [2.45, 2.75) is 45.1 Å². The summed E-state index contributed by atoms with van der Waals surface area (Å²) in [4.78, 5) is 15.5. The van der Waals surface area contributed by atoms with Gasteiger partial charge in [-0.3, -0.25) is 9.69 Å². The Morgan fingerprint density at radius 2 is 1.82 bits per heavy atom. The first-order valence-corrected chi connectivity index (χ1v) is 13.4. The Hall–Kier alpha value is -3.29. The molecule has 2 atom stereocenters. The third-order valence-electron chi connectivity index (χ3n) is 7.48. The van der Waals surface area contributed by atoms with E-state index in [4.69, 9.17) is 25.8 Å². The van der Waals surface area contributed by atoms with Crippen LogP contribution < -0.4 is 19.5 Å². The van der Waals surface area contributed by atoms with Gasteiger partial charge in [0.1, 0.15) is 11.6 Å². The molecule has 3 aromatic carbocycles. The van der Waals surface area contributed by atoms with E-state index < -0.39 is 0 Å². The molecule has 0 saturated carbocycles. The number of benzene rings is 3. The summed E-state index contributed by atoms with van der Waals surface area (Å²) in [6.07, 6.45) is 2.16. The fraction of sp³-hybridized carbons (Fsp3) is 0.367. The molecule has 5 rings (SSSR count). The molecule has 1 saturated heterocycles. The summed E-state index contributed by atoms with van der Waals surface area (Å²) in [7, 11) is 1.52. The Morgan fingerprint density at radius 3 is 2.50 bits per heavy atom. The molecule has 2 heterocycles. The number of amides is 1. The van der Waals surface area contributed by atoms with E-state index in [1.807, 2.05) is 44.2 Å². The van der Waals surface area contributed by atoms with E-state index in [-0.39, 0.29) is 37.0 Å². The second-order valence-electron chi connectivity index (χ2n) is 9.73. The molecule has 0 aliphatic carbocycles. The number of hydrogen-bond donors (Lipinski definition) is 1. The number of nitrogens with zero attached hydrogens (tertiary/aromatic N) is 1. The van der Waals surface area contributed by atoms with Crippen LogP contribution in [0.5, 0.6) is 17.2 Å². The highest BCUT2D eigenvalue weighted by molar-refractivity contribution is 6.30. The minimum Gasteiger partial charge on any atom is -0.497 e. The number of likely N-dealkylation sites (tertiary alicyclic amines) is 1.